The predicted octanol–water partition coefficient (Wildman–Crippen LogP) is 12.9. The van der Waals surface area contributed by atoms with Gasteiger partial charge in [0.1, 0.15) is 0 Å². The van der Waals surface area contributed by atoms with E-state index in [0.717, 1.165) is 82.7 Å². The van der Waals surface area contributed by atoms with Crippen molar-refractivity contribution >= 4 is 43.6 Å². The SMILES string of the molecule is [2H]c1c([2H])c([2H])c(-n2c3ccccc3c3cc4c5ccccc5n(-c5ccc(-c6cc(-c7ccccc7)cc(-c7ccccc7)c6)cc5)c4cc32)c([2H])c1[2H]. The monoisotopic (exact) mass is 641 g/mol. The third-order valence-corrected chi connectivity index (χ3v) is 9.78. The van der Waals surface area contributed by atoms with E-state index in [1.165, 1.54) is 0 Å². The molecule has 0 aliphatic heterocycles. The molecule has 2 heteroatoms. The standard InChI is InChI=1S/C48H32N2/c1-4-14-33(15-5-1)36-28-37(34-16-6-2-7-17-34)30-38(29-36)35-24-26-40(27-25-35)50-46-23-13-11-21-42(46)44-31-43-41-20-10-12-22-45(41)49(47(43)32-48(44)50)39-18-8-3-9-19-39/h1-32H/i3D,8D,9D,18D,19D. The highest BCUT2D eigenvalue weighted by Gasteiger charge is 2.18. The topological polar surface area (TPSA) is 9.86 Å². The van der Waals surface area contributed by atoms with Crippen LogP contribution < -0.4 is 0 Å². The smallest absolute Gasteiger partial charge is 0.0645 e. The summed E-state index contributed by atoms with van der Waals surface area (Å²) in [7, 11) is 0. The van der Waals surface area contributed by atoms with Crippen LogP contribution in [0.2, 0.25) is 0 Å². The summed E-state index contributed by atoms with van der Waals surface area (Å²) >= 11 is 0. The van der Waals surface area contributed by atoms with Crippen molar-refractivity contribution in [2.75, 3.05) is 0 Å². The van der Waals surface area contributed by atoms with Crippen LogP contribution in [0.15, 0.2) is 194 Å². The van der Waals surface area contributed by atoms with Gasteiger partial charge >= 0.3 is 0 Å². The molecule has 0 spiro atoms. The van der Waals surface area contributed by atoms with Crippen molar-refractivity contribution < 1.29 is 6.85 Å². The van der Waals surface area contributed by atoms with E-state index in [1.54, 1.807) is 0 Å². The quantitative estimate of drug-likeness (QED) is 0.177. The molecule has 10 rings (SSSR count). The Balaban J connectivity index is 1.19. The minimum absolute atomic E-state index is 0.135. The average Bonchev–Trinajstić information content (AvgIpc) is 3.74. The minimum Gasteiger partial charge on any atom is -0.309 e. The molecule has 2 heterocycles. The minimum atomic E-state index is -0.409. The van der Waals surface area contributed by atoms with Gasteiger partial charge in [-0.3, -0.25) is 0 Å². The summed E-state index contributed by atoms with van der Waals surface area (Å²) in [6.45, 7) is 0. The number of nitrogens with zero attached hydrogens (tertiary/aromatic N) is 2. The van der Waals surface area contributed by atoms with Gasteiger partial charge in [-0.1, -0.05) is 127 Å². The molecule has 2 nitrogen and oxygen atoms in total. The summed E-state index contributed by atoms with van der Waals surface area (Å²) in [4.78, 5) is 0. The van der Waals surface area contributed by atoms with Crippen molar-refractivity contribution in [2.24, 2.45) is 0 Å². The van der Waals surface area contributed by atoms with Crippen LogP contribution in [-0.2, 0) is 0 Å². The van der Waals surface area contributed by atoms with Crippen molar-refractivity contribution in [3.8, 4) is 44.8 Å². The highest BCUT2D eigenvalue weighted by molar-refractivity contribution is 6.19. The molecule has 0 aliphatic rings. The Labute approximate surface area is 297 Å². The van der Waals surface area contributed by atoms with Crippen LogP contribution in [0.4, 0.5) is 0 Å². The number of para-hydroxylation sites is 3. The average molecular weight is 642 g/mol. The van der Waals surface area contributed by atoms with Crippen LogP contribution in [-0.4, -0.2) is 9.13 Å². The van der Waals surface area contributed by atoms with E-state index in [9.17, 15) is 0 Å². The Bertz CT molecular complexity index is 3040. The van der Waals surface area contributed by atoms with Crippen LogP contribution in [0.25, 0.3) is 88.4 Å². The summed E-state index contributed by atoms with van der Waals surface area (Å²) in [6.07, 6.45) is 0. The Morgan fingerprint density at radius 2 is 0.740 bits per heavy atom. The molecule has 0 radical (unpaired) electrons. The lowest BCUT2D eigenvalue weighted by atomic mass is 9.93. The second-order valence-corrected chi connectivity index (χ2v) is 12.6. The molecule has 0 fully saturated rings. The van der Waals surface area contributed by atoms with Gasteiger partial charge in [-0.05, 0) is 100 Å². The van der Waals surface area contributed by atoms with Gasteiger partial charge in [0.25, 0.3) is 0 Å². The molecular formula is C48H32N2. The lowest BCUT2D eigenvalue weighted by Crippen LogP contribution is -1.96. The molecule has 2 aromatic heterocycles. The van der Waals surface area contributed by atoms with E-state index in [2.05, 4.69) is 126 Å². The molecule has 0 unspecified atom stereocenters. The molecule has 0 atom stereocenters. The normalized spacial score (nSPS) is 13.0. The van der Waals surface area contributed by atoms with Crippen LogP contribution in [0, 0.1) is 0 Å². The first-order chi connectivity index (χ1) is 26.9. The zero-order valence-electron chi connectivity index (χ0n) is 32.0. The molecule has 0 N–H and O–H groups in total. The number of fused-ring (bicyclic) bond motifs is 6. The maximum atomic E-state index is 8.91. The van der Waals surface area contributed by atoms with Crippen molar-refractivity contribution in [3.63, 3.8) is 0 Å². The van der Waals surface area contributed by atoms with Crippen molar-refractivity contribution in [1.82, 2.24) is 9.13 Å². The van der Waals surface area contributed by atoms with Crippen LogP contribution in [0.1, 0.15) is 6.85 Å². The molecule has 0 amide bonds. The first-order valence-corrected chi connectivity index (χ1v) is 16.8. The Morgan fingerprint density at radius 1 is 0.300 bits per heavy atom. The maximum absolute atomic E-state index is 8.91. The fourth-order valence-corrected chi connectivity index (χ4v) is 7.50. The summed E-state index contributed by atoms with van der Waals surface area (Å²) < 4.78 is 47.1. The van der Waals surface area contributed by atoms with E-state index in [1.807, 2.05) is 47.0 Å². The third kappa shape index (κ3) is 4.57. The largest absolute Gasteiger partial charge is 0.309 e. The van der Waals surface area contributed by atoms with Gasteiger partial charge in [-0.2, -0.15) is 0 Å². The van der Waals surface area contributed by atoms with Crippen molar-refractivity contribution in [1.29, 1.82) is 0 Å². The third-order valence-electron chi connectivity index (χ3n) is 9.78. The fraction of sp³-hybridized carbons (Fsp3) is 0. The van der Waals surface area contributed by atoms with E-state index in [-0.39, 0.29) is 29.9 Å². The summed E-state index contributed by atoms with van der Waals surface area (Å²) in [5, 5.41) is 4.06. The summed E-state index contributed by atoms with van der Waals surface area (Å²) in [6, 6.07) is 55.3. The van der Waals surface area contributed by atoms with E-state index in [4.69, 9.17) is 6.85 Å². The Hall–Kier alpha value is -6.64. The first-order valence-electron chi connectivity index (χ1n) is 19.3. The number of rotatable bonds is 5. The fourth-order valence-electron chi connectivity index (χ4n) is 7.50. The number of benzene rings is 8. The van der Waals surface area contributed by atoms with Crippen LogP contribution in [0.5, 0.6) is 0 Å². The summed E-state index contributed by atoms with van der Waals surface area (Å²) in [5.41, 5.74) is 11.5. The van der Waals surface area contributed by atoms with E-state index >= 15 is 0 Å². The lowest BCUT2D eigenvalue weighted by Gasteiger charge is -2.13. The molecule has 50 heavy (non-hydrogen) atoms. The molecular weight excluding hydrogens is 605 g/mol. The number of hydrogen-bond acceptors (Lipinski definition) is 0. The second-order valence-electron chi connectivity index (χ2n) is 12.6. The molecule has 0 bridgehead atoms. The molecule has 10 aromatic rings. The molecule has 0 aliphatic carbocycles. The highest BCUT2D eigenvalue weighted by Crippen LogP contribution is 2.40. The maximum Gasteiger partial charge on any atom is 0.0645 e. The zero-order valence-corrected chi connectivity index (χ0v) is 27.0. The molecule has 8 aromatic carbocycles. The van der Waals surface area contributed by atoms with Gasteiger partial charge in [0.15, 0.2) is 0 Å². The van der Waals surface area contributed by atoms with E-state index in [0.29, 0.717) is 0 Å². The van der Waals surface area contributed by atoms with Gasteiger partial charge in [-0.15, -0.1) is 0 Å². The molecule has 234 valence electrons. The lowest BCUT2D eigenvalue weighted by molar-refractivity contribution is 1.16. The molecule has 0 saturated heterocycles. The zero-order chi connectivity index (χ0) is 37.4. The van der Waals surface area contributed by atoms with E-state index < -0.39 is 6.04 Å². The second kappa shape index (κ2) is 11.5. The number of aromatic nitrogens is 2. The van der Waals surface area contributed by atoms with Crippen molar-refractivity contribution in [3.05, 3.63) is 194 Å². The predicted molar refractivity (Wildman–Crippen MR) is 211 cm³/mol. The van der Waals surface area contributed by atoms with Crippen molar-refractivity contribution in [2.45, 2.75) is 0 Å². The highest BCUT2D eigenvalue weighted by atomic mass is 15.0. The van der Waals surface area contributed by atoms with Gasteiger partial charge in [-0.25, -0.2) is 0 Å². The van der Waals surface area contributed by atoms with Gasteiger partial charge in [0.2, 0.25) is 0 Å². The Morgan fingerprint density at radius 3 is 1.26 bits per heavy atom. The number of hydrogen-bond donors (Lipinski definition) is 0. The van der Waals surface area contributed by atoms with Crippen LogP contribution in [0.3, 0.4) is 0 Å². The van der Waals surface area contributed by atoms with Gasteiger partial charge in [0, 0.05) is 32.9 Å². The van der Waals surface area contributed by atoms with Gasteiger partial charge in [0.05, 0.1) is 28.9 Å². The summed E-state index contributed by atoms with van der Waals surface area (Å²) in [5.74, 6) is 0. The van der Waals surface area contributed by atoms with Gasteiger partial charge < -0.3 is 9.13 Å². The molecule has 0 saturated carbocycles. The Kier molecular flexibility index (Phi) is 5.44. The van der Waals surface area contributed by atoms with Crippen LogP contribution >= 0.6 is 0 Å². The first kappa shape index (κ1) is 23.6.